The van der Waals surface area contributed by atoms with E-state index in [2.05, 4.69) is 27.2 Å². The van der Waals surface area contributed by atoms with Gasteiger partial charge >= 0.3 is 0 Å². The van der Waals surface area contributed by atoms with Crippen LogP contribution in [0, 0.1) is 17.8 Å². The van der Waals surface area contributed by atoms with E-state index in [-0.39, 0.29) is 11.5 Å². The second-order valence-electron chi connectivity index (χ2n) is 7.47. The van der Waals surface area contributed by atoms with E-state index in [0.29, 0.717) is 5.92 Å². The lowest BCUT2D eigenvalue weighted by Crippen LogP contribution is -2.58. The van der Waals surface area contributed by atoms with Gasteiger partial charge < -0.3 is 24.8 Å². The Morgan fingerprint density at radius 1 is 1.05 bits per heavy atom. The molecule has 2 aliphatic rings. The standard InChI is InChI=1S/C16H29O5/c1-9-12(17)13(18)14(19)15(20-9)21-11-7-5-10(6-8-11)16(2,3)4/h7,9-15,17-19H,5-6,8H2,1-4H3/t9-,10+,11+,12+,13+,14-,15-/m0/s1. The predicted molar refractivity (Wildman–Crippen MR) is 78.3 cm³/mol. The highest BCUT2D eigenvalue weighted by Gasteiger charge is 2.43. The SMILES string of the molecule is C[C@@H]1O[C@@H](O[C@@H]2[CH]C[C@@H](C(C)(C)C)CC2)[C@@H](O)[C@H](O)[C@@H]1O. The van der Waals surface area contributed by atoms with Crippen LogP contribution >= 0.6 is 0 Å². The maximum atomic E-state index is 9.96. The summed E-state index contributed by atoms with van der Waals surface area (Å²) in [5, 5.41) is 29.4. The summed E-state index contributed by atoms with van der Waals surface area (Å²) in [4.78, 5) is 0. The van der Waals surface area contributed by atoms with Gasteiger partial charge in [-0.15, -0.1) is 0 Å². The van der Waals surface area contributed by atoms with E-state index < -0.39 is 30.7 Å². The molecule has 1 aliphatic heterocycles. The van der Waals surface area contributed by atoms with Crippen LogP contribution in [0.1, 0.15) is 47.0 Å². The van der Waals surface area contributed by atoms with Crippen molar-refractivity contribution in [1.82, 2.24) is 0 Å². The first-order valence-corrected chi connectivity index (χ1v) is 7.88. The molecule has 0 unspecified atom stereocenters. The Bertz CT molecular complexity index is 332. The molecule has 1 saturated carbocycles. The summed E-state index contributed by atoms with van der Waals surface area (Å²) in [6.07, 6.45) is 0.0449. The summed E-state index contributed by atoms with van der Waals surface area (Å²) in [5.41, 5.74) is 0.289. The fourth-order valence-electron chi connectivity index (χ4n) is 3.13. The zero-order valence-electron chi connectivity index (χ0n) is 13.4. The Kier molecular flexibility index (Phi) is 5.31. The molecule has 2 fully saturated rings. The fraction of sp³-hybridized carbons (Fsp3) is 0.938. The molecule has 0 amide bonds. The molecule has 21 heavy (non-hydrogen) atoms. The molecule has 123 valence electrons. The van der Waals surface area contributed by atoms with Crippen LogP contribution in [0.15, 0.2) is 0 Å². The van der Waals surface area contributed by atoms with Crippen molar-refractivity contribution >= 4 is 0 Å². The highest BCUT2D eigenvalue weighted by molar-refractivity contribution is 4.93. The van der Waals surface area contributed by atoms with Gasteiger partial charge in [0.05, 0.1) is 12.2 Å². The van der Waals surface area contributed by atoms with Gasteiger partial charge in [-0.1, -0.05) is 20.8 Å². The number of hydrogen-bond donors (Lipinski definition) is 3. The zero-order chi connectivity index (χ0) is 15.8. The minimum atomic E-state index is -1.23. The Morgan fingerprint density at radius 3 is 2.24 bits per heavy atom. The van der Waals surface area contributed by atoms with Crippen molar-refractivity contribution in [3.63, 3.8) is 0 Å². The quantitative estimate of drug-likeness (QED) is 0.715. The normalized spacial score (nSPS) is 45.6. The largest absolute Gasteiger partial charge is 0.388 e. The van der Waals surface area contributed by atoms with Crippen LogP contribution in [0.2, 0.25) is 0 Å². The Balaban J connectivity index is 1.86. The molecule has 5 heteroatoms. The molecule has 1 aliphatic carbocycles. The third-order valence-corrected chi connectivity index (χ3v) is 4.83. The van der Waals surface area contributed by atoms with E-state index >= 15 is 0 Å². The molecule has 7 atom stereocenters. The first-order valence-electron chi connectivity index (χ1n) is 7.88. The van der Waals surface area contributed by atoms with Crippen LogP contribution in [0.5, 0.6) is 0 Å². The molecule has 2 rings (SSSR count). The van der Waals surface area contributed by atoms with Gasteiger partial charge in [0.25, 0.3) is 0 Å². The first kappa shape index (κ1) is 17.2. The predicted octanol–water partition coefficient (Wildman–Crippen LogP) is 1.25. The summed E-state index contributed by atoms with van der Waals surface area (Å²) < 4.78 is 11.3. The molecule has 0 aromatic heterocycles. The van der Waals surface area contributed by atoms with Crippen LogP contribution in [0.3, 0.4) is 0 Å². The van der Waals surface area contributed by atoms with Gasteiger partial charge in [-0.2, -0.15) is 0 Å². The number of aliphatic hydroxyl groups excluding tert-OH is 3. The van der Waals surface area contributed by atoms with Crippen LogP contribution < -0.4 is 0 Å². The van der Waals surface area contributed by atoms with Gasteiger partial charge in [-0.05, 0) is 43.9 Å². The average molecular weight is 301 g/mol. The third kappa shape index (κ3) is 3.96. The molecule has 0 aromatic carbocycles. The second-order valence-corrected chi connectivity index (χ2v) is 7.47. The van der Waals surface area contributed by atoms with Crippen molar-refractivity contribution in [3.05, 3.63) is 6.42 Å². The smallest absolute Gasteiger partial charge is 0.186 e. The van der Waals surface area contributed by atoms with E-state index in [1.54, 1.807) is 6.92 Å². The van der Waals surface area contributed by atoms with Crippen molar-refractivity contribution in [3.8, 4) is 0 Å². The van der Waals surface area contributed by atoms with E-state index in [4.69, 9.17) is 9.47 Å². The average Bonchev–Trinajstić information content (AvgIpc) is 2.42. The monoisotopic (exact) mass is 301 g/mol. The van der Waals surface area contributed by atoms with Crippen LogP contribution in [-0.4, -0.2) is 52.1 Å². The molecule has 1 saturated heterocycles. The van der Waals surface area contributed by atoms with Gasteiger partial charge in [0.2, 0.25) is 0 Å². The van der Waals surface area contributed by atoms with Crippen molar-refractivity contribution in [2.24, 2.45) is 11.3 Å². The number of ether oxygens (including phenoxy) is 2. The Labute approximate surface area is 127 Å². The van der Waals surface area contributed by atoms with Crippen LogP contribution in [-0.2, 0) is 9.47 Å². The molecule has 1 radical (unpaired) electrons. The maximum absolute atomic E-state index is 9.96. The number of hydrogen-bond acceptors (Lipinski definition) is 5. The minimum absolute atomic E-state index is 0.0714. The fourth-order valence-corrected chi connectivity index (χ4v) is 3.13. The molecular weight excluding hydrogens is 272 g/mol. The highest BCUT2D eigenvalue weighted by atomic mass is 16.7. The van der Waals surface area contributed by atoms with Crippen molar-refractivity contribution in [1.29, 1.82) is 0 Å². The van der Waals surface area contributed by atoms with Gasteiger partial charge in [0, 0.05) is 0 Å². The van der Waals surface area contributed by atoms with Gasteiger partial charge in [-0.25, -0.2) is 0 Å². The van der Waals surface area contributed by atoms with Crippen molar-refractivity contribution in [2.45, 2.75) is 83.8 Å². The van der Waals surface area contributed by atoms with Crippen molar-refractivity contribution < 1.29 is 24.8 Å². The first-order chi connectivity index (χ1) is 9.70. The lowest BCUT2D eigenvalue weighted by atomic mass is 9.72. The zero-order valence-corrected chi connectivity index (χ0v) is 13.4. The molecular formula is C16H29O5. The van der Waals surface area contributed by atoms with E-state index in [1.165, 1.54) is 0 Å². The van der Waals surface area contributed by atoms with Crippen LogP contribution in [0.4, 0.5) is 0 Å². The molecule has 0 aromatic rings. The van der Waals surface area contributed by atoms with Crippen molar-refractivity contribution in [2.75, 3.05) is 0 Å². The molecule has 0 spiro atoms. The van der Waals surface area contributed by atoms with Gasteiger partial charge in [0.1, 0.15) is 18.3 Å². The molecule has 0 bridgehead atoms. The number of aliphatic hydroxyl groups is 3. The summed E-state index contributed by atoms with van der Waals surface area (Å²) in [6.45, 7) is 8.41. The van der Waals surface area contributed by atoms with Gasteiger partial charge in [-0.3, -0.25) is 0 Å². The lowest BCUT2D eigenvalue weighted by molar-refractivity contribution is -0.302. The lowest BCUT2D eigenvalue weighted by Gasteiger charge is -2.42. The summed E-state index contributed by atoms with van der Waals surface area (Å²) in [6, 6.07) is 0. The second kappa shape index (κ2) is 6.50. The molecule has 5 nitrogen and oxygen atoms in total. The van der Waals surface area contributed by atoms with Crippen LogP contribution in [0.25, 0.3) is 0 Å². The summed E-state index contributed by atoms with van der Waals surface area (Å²) in [7, 11) is 0. The van der Waals surface area contributed by atoms with Gasteiger partial charge in [0.15, 0.2) is 6.29 Å². The summed E-state index contributed by atoms with van der Waals surface area (Å²) >= 11 is 0. The third-order valence-electron chi connectivity index (χ3n) is 4.83. The van der Waals surface area contributed by atoms with E-state index in [0.717, 1.165) is 19.3 Å². The Hall–Kier alpha value is -0.200. The Morgan fingerprint density at radius 2 is 1.71 bits per heavy atom. The van der Waals surface area contributed by atoms with E-state index in [1.807, 2.05) is 0 Å². The molecule has 1 heterocycles. The van der Waals surface area contributed by atoms with E-state index in [9.17, 15) is 15.3 Å². The topological polar surface area (TPSA) is 79.2 Å². The molecule has 3 N–H and O–H groups in total. The maximum Gasteiger partial charge on any atom is 0.186 e. The number of rotatable bonds is 2. The highest BCUT2D eigenvalue weighted by Crippen LogP contribution is 2.38. The summed E-state index contributed by atoms with van der Waals surface area (Å²) in [5.74, 6) is 0.640. The minimum Gasteiger partial charge on any atom is -0.388 e.